The molecule has 20 heavy (non-hydrogen) atoms. The standard InChI is InChI=1S/C12H17N3O5/c1-12(2,3)20-11(19)15(4)6-8-13-5-7(10(17)18)9(16)14-8/h5H,6H2,1-4H3,(H,17,18)(H,13,14,16). The van der Waals surface area contributed by atoms with Gasteiger partial charge in [-0.2, -0.15) is 0 Å². The van der Waals surface area contributed by atoms with Crippen LogP contribution in [0.15, 0.2) is 11.0 Å². The van der Waals surface area contributed by atoms with Crippen LogP contribution in [0.1, 0.15) is 37.0 Å². The van der Waals surface area contributed by atoms with Crippen molar-refractivity contribution in [2.45, 2.75) is 32.9 Å². The van der Waals surface area contributed by atoms with Gasteiger partial charge in [0.05, 0.1) is 6.54 Å². The van der Waals surface area contributed by atoms with E-state index in [-0.39, 0.29) is 12.4 Å². The van der Waals surface area contributed by atoms with Crippen molar-refractivity contribution in [1.82, 2.24) is 14.9 Å². The van der Waals surface area contributed by atoms with Crippen molar-refractivity contribution in [3.8, 4) is 0 Å². The van der Waals surface area contributed by atoms with E-state index >= 15 is 0 Å². The maximum atomic E-state index is 11.7. The van der Waals surface area contributed by atoms with Crippen molar-refractivity contribution < 1.29 is 19.4 Å². The van der Waals surface area contributed by atoms with Gasteiger partial charge >= 0.3 is 12.1 Å². The number of nitrogens with zero attached hydrogens (tertiary/aromatic N) is 2. The van der Waals surface area contributed by atoms with Gasteiger partial charge in [-0.15, -0.1) is 0 Å². The van der Waals surface area contributed by atoms with Crippen molar-refractivity contribution in [1.29, 1.82) is 0 Å². The first-order valence-corrected chi connectivity index (χ1v) is 5.86. The van der Waals surface area contributed by atoms with Gasteiger partial charge in [0.1, 0.15) is 17.0 Å². The summed E-state index contributed by atoms with van der Waals surface area (Å²) in [7, 11) is 1.49. The first-order chi connectivity index (χ1) is 9.10. The van der Waals surface area contributed by atoms with Gasteiger partial charge in [-0.25, -0.2) is 14.6 Å². The molecule has 0 saturated heterocycles. The number of hydrogen-bond donors (Lipinski definition) is 2. The van der Waals surface area contributed by atoms with Crippen LogP contribution in [0.4, 0.5) is 4.79 Å². The lowest BCUT2D eigenvalue weighted by Crippen LogP contribution is -2.34. The van der Waals surface area contributed by atoms with E-state index in [2.05, 4.69) is 9.97 Å². The summed E-state index contributed by atoms with van der Waals surface area (Å²) < 4.78 is 5.14. The lowest BCUT2D eigenvalue weighted by molar-refractivity contribution is 0.0280. The molecule has 110 valence electrons. The fourth-order valence-electron chi connectivity index (χ4n) is 1.29. The van der Waals surface area contributed by atoms with Crippen molar-refractivity contribution in [2.24, 2.45) is 0 Å². The molecule has 8 nitrogen and oxygen atoms in total. The molecule has 1 aromatic rings. The van der Waals surface area contributed by atoms with Crippen LogP contribution in [-0.2, 0) is 11.3 Å². The highest BCUT2D eigenvalue weighted by Gasteiger charge is 2.20. The smallest absolute Gasteiger partial charge is 0.410 e. The summed E-state index contributed by atoms with van der Waals surface area (Å²) in [4.78, 5) is 41.2. The Morgan fingerprint density at radius 2 is 2.05 bits per heavy atom. The Morgan fingerprint density at radius 3 is 2.50 bits per heavy atom. The van der Waals surface area contributed by atoms with Crippen molar-refractivity contribution in [3.63, 3.8) is 0 Å². The molecule has 0 aromatic carbocycles. The predicted molar refractivity (Wildman–Crippen MR) is 69.5 cm³/mol. The van der Waals surface area contributed by atoms with Crippen LogP contribution in [0.25, 0.3) is 0 Å². The molecule has 0 aliphatic carbocycles. The molecular weight excluding hydrogens is 266 g/mol. The lowest BCUT2D eigenvalue weighted by Gasteiger charge is -2.24. The van der Waals surface area contributed by atoms with Gasteiger partial charge in [-0.3, -0.25) is 4.79 Å². The predicted octanol–water partition coefficient (Wildman–Crippen LogP) is 0.835. The van der Waals surface area contributed by atoms with E-state index in [1.165, 1.54) is 11.9 Å². The fourth-order valence-corrected chi connectivity index (χ4v) is 1.29. The number of ether oxygens (including phenoxy) is 1. The Bertz CT molecular complexity index is 573. The number of aromatic carboxylic acids is 1. The second kappa shape index (κ2) is 5.72. The zero-order valence-electron chi connectivity index (χ0n) is 11.8. The van der Waals surface area contributed by atoms with Crippen molar-refractivity contribution in [3.05, 3.63) is 27.9 Å². The lowest BCUT2D eigenvalue weighted by atomic mass is 10.2. The largest absolute Gasteiger partial charge is 0.477 e. The first-order valence-electron chi connectivity index (χ1n) is 5.86. The summed E-state index contributed by atoms with van der Waals surface area (Å²) in [5.74, 6) is -1.18. The molecule has 0 unspecified atom stereocenters. The molecule has 2 N–H and O–H groups in total. The minimum Gasteiger partial charge on any atom is -0.477 e. The Morgan fingerprint density at radius 1 is 1.45 bits per heavy atom. The number of aromatic nitrogens is 2. The molecule has 1 heterocycles. The van der Waals surface area contributed by atoms with E-state index in [0.717, 1.165) is 6.20 Å². The second-order valence-corrected chi connectivity index (χ2v) is 5.21. The Kier molecular flexibility index (Phi) is 4.49. The third-order valence-electron chi connectivity index (χ3n) is 2.17. The normalized spacial score (nSPS) is 11.0. The minimum atomic E-state index is -1.36. The molecule has 1 amide bonds. The molecule has 1 aromatic heterocycles. The first kappa shape index (κ1) is 15.7. The highest BCUT2D eigenvalue weighted by molar-refractivity contribution is 5.86. The molecule has 0 radical (unpaired) electrons. The van der Waals surface area contributed by atoms with Gasteiger partial charge in [-0.1, -0.05) is 0 Å². The minimum absolute atomic E-state index is 0.00402. The number of carboxylic acids is 1. The van der Waals surface area contributed by atoms with E-state index in [9.17, 15) is 14.4 Å². The quantitative estimate of drug-likeness (QED) is 0.849. The Labute approximate surface area is 115 Å². The molecule has 0 spiro atoms. The van der Waals surface area contributed by atoms with Gasteiger partial charge in [0.2, 0.25) is 0 Å². The average Bonchev–Trinajstić information content (AvgIpc) is 2.26. The Balaban J connectivity index is 2.79. The average molecular weight is 283 g/mol. The number of carbonyl (C=O) groups excluding carboxylic acids is 1. The maximum Gasteiger partial charge on any atom is 0.410 e. The number of nitrogens with one attached hydrogen (secondary N) is 1. The molecule has 0 fully saturated rings. The molecule has 8 heteroatoms. The van der Waals surface area contributed by atoms with Gasteiger partial charge in [0, 0.05) is 13.2 Å². The number of rotatable bonds is 3. The highest BCUT2D eigenvalue weighted by Crippen LogP contribution is 2.09. The SMILES string of the molecule is CN(Cc1ncc(C(=O)O)c(=O)[nH]1)C(=O)OC(C)(C)C. The third-order valence-corrected chi connectivity index (χ3v) is 2.17. The van der Waals surface area contributed by atoms with E-state index in [0.29, 0.717) is 0 Å². The van der Waals surface area contributed by atoms with Gasteiger partial charge < -0.3 is 19.7 Å². The molecule has 0 aliphatic heterocycles. The summed E-state index contributed by atoms with van der Waals surface area (Å²) >= 11 is 0. The number of H-pyrrole nitrogens is 1. The van der Waals surface area contributed by atoms with Crippen LogP contribution in [0.3, 0.4) is 0 Å². The van der Waals surface area contributed by atoms with E-state index in [1.54, 1.807) is 20.8 Å². The Hall–Kier alpha value is -2.38. The van der Waals surface area contributed by atoms with Crippen LogP contribution in [-0.4, -0.2) is 44.7 Å². The van der Waals surface area contributed by atoms with Crippen LogP contribution in [0, 0.1) is 0 Å². The van der Waals surface area contributed by atoms with Gasteiger partial charge in [0.25, 0.3) is 5.56 Å². The summed E-state index contributed by atoms with van der Waals surface area (Å²) in [5.41, 5.74) is -1.84. The topological polar surface area (TPSA) is 113 Å². The molecular formula is C12H17N3O5. The summed E-state index contributed by atoms with van der Waals surface area (Å²) in [6, 6.07) is 0. The van der Waals surface area contributed by atoms with Crippen LogP contribution in [0.5, 0.6) is 0 Å². The summed E-state index contributed by atoms with van der Waals surface area (Å²) in [6.45, 7) is 5.21. The van der Waals surface area contributed by atoms with Gasteiger partial charge in [-0.05, 0) is 20.8 Å². The number of hydrogen-bond acceptors (Lipinski definition) is 5. The zero-order valence-corrected chi connectivity index (χ0v) is 11.8. The van der Waals surface area contributed by atoms with E-state index < -0.39 is 28.8 Å². The second-order valence-electron chi connectivity index (χ2n) is 5.21. The molecule has 0 saturated carbocycles. The third kappa shape index (κ3) is 4.38. The molecule has 1 rings (SSSR count). The number of aromatic amines is 1. The number of amides is 1. The monoisotopic (exact) mass is 283 g/mol. The highest BCUT2D eigenvalue weighted by atomic mass is 16.6. The maximum absolute atomic E-state index is 11.7. The molecule has 0 atom stereocenters. The van der Waals surface area contributed by atoms with Gasteiger partial charge in [0.15, 0.2) is 0 Å². The zero-order chi connectivity index (χ0) is 15.5. The van der Waals surface area contributed by atoms with E-state index in [1.807, 2.05) is 0 Å². The van der Waals surface area contributed by atoms with Crippen LogP contribution in [0.2, 0.25) is 0 Å². The van der Waals surface area contributed by atoms with E-state index in [4.69, 9.17) is 9.84 Å². The van der Waals surface area contributed by atoms with Crippen molar-refractivity contribution in [2.75, 3.05) is 7.05 Å². The fraction of sp³-hybridized carbons (Fsp3) is 0.500. The number of carbonyl (C=O) groups is 2. The molecule has 0 bridgehead atoms. The molecule has 0 aliphatic rings. The number of carboxylic acid groups (broad SMARTS) is 1. The summed E-state index contributed by atoms with van der Waals surface area (Å²) in [5, 5.41) is 8.71. The van der Waals surface area contributed by atoms with Crippen molar-refractivity contribution >= 4 is 12.1 Å². The van der Waals surface area contributed by atoms with Crippen LogP contribution >= 0.6 is 0 Å². The summed E-state index contributed by atoms with van der Waals surface area (Å²) in [6.07, 6.45) is 0.391. The van der Waals surface area contributed by atoms with Crippen LogP contribution < -0.4 is 5.56 Å².